The molecule has 2 bridgehead atoms. The quantitative estimate of drug-likeness (QED) is 0.861. The average Bonchev–Trinajstić information content (AvgIpc) is 2.51. The van der Waals surface area contributed by atoms with Crippen LogP contribution in [-0.4, -0.2) is 36.8 Å². The van der Waals surface area contributed by atoms with E-state index in [0.717, 1.165) is 13.0 Å². The lowest BCUT2D eigenvalue weighted by molar-refractivity contribution is 0.00132. The van der Waals surface area contributed by atoms with E-state index in [1.807, 2.05) is 6.07 Å². The van der Waals surface area contributed by atoms with Crippen molar-refractivity contribution in [1.29, 1.82) is 0 Å². The number of nitrogens with zero attached hydrogens (tertiary/aromatic N) is 1. The number of methoxy groups -OCH3 is 1. The number of likely N-dealkylation sites (N-methyl/N-ethyl adjacent to an activating group) is 1. The molecule has 1 heterocycles. The zero-order valence-electron chi connectivity index (χ0n) is 13.1. The predicted octanol–water partition coefficient (Wildman–Crippen LogP) is 3.09. The molecule has 1 N–H and O–H groups in total. The van der Waals surface area contributed by atoms with Crippen molar-refractivity contribution in [3.05, 3.63) is 23.3 Å². The zero-order chi connectivity index (χ0) is 14.6. The number of ether oxygens (including phenoxy) is 1. The van der Waals surface area contributed by atoms with Gasteiger partial charge in [0.1, 0.15) is 0 Å². The summed E-state index contributed by atoms with van der Waals surface area (Å²) in [5.74, 6) is 1.77. The van der Waals surface area contributed by atoms with Crippen molar-refractivity contribution >= 4 is 0 Å². The third kappa shape index (κ3) is 1.70. The monoisotopic (exact) mass is 287 g/mol. The van der Waals surface area contributed by atoms with Crippen LogP contribution < -0.4 is 4.74 Å². The topological polar surface area (TPSA) is 32.7 Å². The summed E-state index contributed by atoms with van der Waals surface area (Å²) in [6.07, 6.45) is 7.44. The molecule has 3 aliphatic rings. The second kappa shape index (κ2) is 4.64. The molecule has 1 aliphatic heterocycles. The van der Waals surface area contributed by atoms with Crippen LogP contribution >= 0.6 is 0 Å². The third-order valence-electron chi connectivity index (χ3n) is 6.41. The molecular weight excluding hydrogens is 262 g/mol. The molecule has 0 spiro atoms. The molecule has 1 aromatic rings. The van der Waals surface area contributed by atoms with Gasteiger partial charge in [-0.1, -0.05) is 18.9 Å². The summed E-state index contributed by atoms with van der Waals surface area (Å²) in [6, 6.07) is 4.77. The smallest absolute Gasteiger partial charge is 0.161 e. The lowest BCUT2D eigenvalue weighted by Gasteiger charge is -2.58. The molecule has 0 radical (unpaired) electrons. The molecule has 3 unspecified atom stereocenters. The van der Waals surface area contributed by atoms with Gasteiger partial charge in [-0.25, -0.2) is 0 Å². The van der Waals surface area contributed by atoms with Gasteiger partial charge in [0.25, 0.3) is 0 Å². The number of hydrogen-bond acceptors (Lipinski definition) is 3. The summed E-state index contributed by atoms with van der Waals surface area (Å²) in [7, 11) is 3.93. The van der Waals surface area contributed by atoms with Crippen LogP contribution in [0.5, 0.6) is 11.5 Å². The number of likely N-dealkylation sites (tertiary alicyclic amines) is 1. The highest BCUT2D eigenvalue weighted by atomic mass is 16.5. The largest absolute Gasteiger partial charge is 0.504 e. The van der Waals surface area contributed by atoms with E-state index in [1.165, 1.54) is 43.2 Å². The summed E-state index contributed by atoms with van der Waals surface area (Å²) < 4.78 is 5.39. The second-order valence-corrected chi connectivity index (χ2v) is 7.16. The number of hydrogen-bond donors (Lipinski definition) is 1. The fraction of sp³-hybridized carbons (Fsp3) is 0.667. The van der Waals surface area contributed by atoms with Gasteiger partial charge in [-0.05, 0) is 56.8 Å². The highest BCUT2D eigenvalue weighted by Gasteiger charge is 2.54. The highest BCUT2D eigenvalue weighted by Crippen LogP contribution is 2.58. The van der Waals surface area contributed by atoms with Crippen LogP contribution in [0.15, 0.2) is 12.1 Å². The van der Waals surface area contributed by atoms with Gasteiger partial charge < -0.3 is 14.7 Å². The summed E-state index contributed by atoms with van der Waals surface area (Å²) in [5.41, 5.74) is 2.78. The first-order valence-corrected chi connectivity index (χ1v) is 8.27. The van der Waals surface area contributed by atoms with E-state index in [0.29, 0.717) is 23.5 Å². The molecule has 3 nitrogen and oxygen atoms in total. The number of benzene rings is 1. The summed E-state index contributed by atoms with van der Waals surface area (Å²) in [5, 5.41) is 10.8. The maximum absolute atomic E-state index is 10.8. The van der Waals surface area contributed by atoms with Crippen molar-refractivity contribution in [2.75, 3.05) is 20.7 Å². The van der Waals surface area contributed by atoms with Crippen molar-refractivity contribution in [3.63, 3.8) is 0 Å². The zero-order valence-corrected chi connectivity index (χ0v) is 13.1. The molecule has 114 valence electrons. The minimum Gasteiger partial charge on any atom is -0.504 e. The van der Waals surface area contributed by atoms with Crippen LogP contribution in [-0.2, 0) is 11.8 Å². The van der Waals surface area contributed by atoms with Crippen molar-refractivity contribution in [3.8, 4) is 11.5 Å². The molecule has 21 heavy (non-hydrogen) atoms. The maximum atomic E-state index is 10.8. The van der Waals surface area contributed by atoms with Crippen molar-refractivity contribution < 1.29 is 9.84 Å². The molecule has 2 fully saturated rings. The van der Waals surface area contributed by atoms with Crippen molar-refractivity contribution in [2.45, 2.75) is 50.0 Å². The standard InChI is InChI=1S/C18H25NO2/c1-19-10-9-18-8-4-3-5-13(18)14(19)11-12-6-7-15(21-2)17(20)16(12)18/h6-7,13-14,20H,3-5,8-11H2,1-2H3. The first kappa shape index (κ1) is 13.4. The van der Waals surface area contributed by atoms with E-state index in [1.54, 1.807) is 7.11 Å². The number of aromatic hydroxyl groups is 1. The third-order valence-corrected chi connectivity index (χ3v) is 6.41. The molecule has 2 aliphatic carbocycles. The van der Waals surface area contributed by atoms with Gasteiger partial charge in [-0.15, -0.1) is 0 Å². The van der Waals surface area contributed by atoms with Crippen LogP contribution in [0.4, 0.5) is 0 Å². The Bertz CT molecular complexity index is 571. The Hall–Kier alpha value is -1.22. The minimum absolute atomic E-state index is 0.196. The lowest BCUT2D eigenvalue weighted by Crippen LogP contribution is -2.59. The van der Waals surface area contributed by atoms with E-state index in [4.69, 9.17) is 4.74 Å². The molecule has 1 saturated heterocycles. The van der Waals surface area contributed by atoms with Crippen molar-refractivity contribution in [2.24, 2.45) is 5.92 Å². The van der Waals surface area contributed by atoms with E-state index in [-0.39, 0.29) is 5.41 Å². The van der Waals surface area contributed by atoms with Gasteiger partial charge in [0, 0.05) is 17.0 Å². The first-order chi connectivity index (χ1) is 10.2. The van der Waals surface area contributed by atoms with Gasteiger partial charge >= 0.3 is 0 Å². The van der Waals surface area contributed by atoms with Crippen LogP contribution in [0.3, 0.4) is 0 Å². The number of fused-ring (bicyclic) bond motifs is 1. The van der Waals surface area contributed by atoms with E-state index in [9.17, 15) is 5.11 Å². The molecular formula is C18H25NO2. The SMILES string of the molecule is COc1ccc2c(c1O)C13CCCCC1C(C2)N(C)CC3. The molecule has 3 atom stereocenters. The molecule has 1 saturated carbocycles. The molecule has 1 aromatic carbocycles. The molecule has 4 rings (SSSR count). The Morgan fingerprint density at radius 1 is 1.29 bits per heavy atom. The lowest BCUT2D eigenvalue weighted by atomic mass is 9.52. The number of phenols is 1. The second-order valence-electron chi connectivity index (χ2n) is 7.16. The Labute approximate surface area is 126 Å². The summed E-state index contributed by atoms with van der Waals surface area (Å²) in [4.78, 5) is 2.55. The average molecular weight is 287 g/mol. The van der Waals surface area contributed by atoms with Gasteiger partial charge in [0.2, 0.25) is 0 Å². The number of piperidine rings is 1. The van der Waals surface area contributed by atoms with Crippen LogP contribution in [0.1, 0.15) is 43.2 Å². The van der Waals surface area contributed by atoms with Gasteiger partial charge in [0.15, 0.2) is 11.5 Å². The van der Waals surface area contributed by atoms with Crippen LogP contribution in [0.2, 0.25) is 0 Å². The van der Waals surface area contributed by atoms with E-state index >= 15 is 0 Å². The summed E-state index contributed by atoms with van der Waals surface area (Å²) in [6.45, 7) is 1.15. The van der Waals surface area contributed by atoms with E-state index < -0.39 is 0 Å². The fourth-order valence-electron chi connectivity index (χ4n) is 5.45. The Morgan fingerprint density at radius 2 is 2.14 bits per heavy atom. The van der Waals surface area contributed by atoms with Gasteiger partial charge in [-0.3, -0.25) is 0 Å². The predicted molar refractivity (Wildman–Crippen MR) is 83.0 cm³/mol. The van der Waals surface area contributed by atoms with Crippen LogP contribution in [0.25, 0.3) is 0 Å². The number of rotatable bonds is 1. The number of phenolic OH excluding ortho intramolecular Hbond substituents is 1. The normalized spacial score (nSPS) is 35.0. The van der Waals surface area contributed by atoms with Crippen LogP contribution in [0, 0.1) is 5.92 Å². The van der Waals surface area contributed by atoms with Gasteiger partial charge in [-0.2, -0.15) is 0 Å². The van der Waals surface area contributed by atoms with Crippen molar-refractivity contribution in [1.82, 2.24) is 4.90 Å². The Morgan fingerprint density at radius 3 is 2.95 bits per heavy atom. The van der Waals surface area contributed by atoms with E-state index in [2.05, 4.69) is 18.0 Å². The molecule has 3 heteroatoms. The maximum Gasteiger partial charge on any atom is 0.161 e. The van der Waals surface area contributed by atoms with Gasteiger partial charge in [0.05, 0.1) is 7.11 Å². The fourth-order valence-corrected chi connectivity index (χ4v) is 5.45. The Kier molecular flexibility index (Phi) is 2.97. The summed E-state index contributed by atoms with van der Waals surface area (Å²) >= 11 is 0. The first-order valence-electron chi connectivity index (χ1n) is 8.27. The highest BCUT2D eigenvalue weighted by molar-refractivity contribution is 5.56. The molecule has 0 amide bonds. The minimum atomic E-state index is 0.196. The molecule has 0 aromatic heterocycles. The Balaban J connectivity index is 1.93.